The number of likely N-dealkylation sites (N-methyl/N-ethyl adjacent to an activating group) is 7. The second kappa shape index (κ2) is 49.5. The van der Waals surface area contributed by atoms with E-state index >= 15 is 0 Å². The fraction of sp³-hybridized carbons (Fsp3) is 0.872. The first-order valence-electron chi connectivity index (χ1n) is 41.6. The molecule has 16 rings (SSSR count). The minimum Gasteiger partial charge on any atom is -0.315 e. The van der Waals surface area contributed by atoms with Crippen LogP contribution in [0.1, 0.15) is 42.0 Å². The topological polar surface area (TPSA) is 135 Å². The number of nitrogens with zero attached hydrogens (tertiary/aromatic N) is 21. The summed E-state index contributed by atoms with van der Waals surface area (Å²) in [5.74, 6) is 0. The van der Waals surface area contributed by atoms with Gasteiger partial charge in [-0.15, -0.1) is 0 Å². The van der Waals surface area contributed by atoms with Crippen LogP contribution in [0.15, 0.2) is 36.4 Å². The number of hydrogen-bond donors (Lipinski definition) is 4. The average Bonchev–Trinajstić information content (AvgIpc) is 1.21. The van der Waals surface area contributed by atoms with Crippen molar-refractivity contribution in [3.63, 3.8) is 0 Å². The Hall–Kier alpha value is -2.62. The molecule has 8 atom stereocenters. The third kappa shape index (κ3) is 35.3. The Bertz CT molecular complexity index is 2260. The van der Waals surface area contributed by atoms with Gasteiger partial charge in [-0.25, -0.2) is 0 Å². The molecule has 11 saturated heterocycles. The van der Waals surface area contributed by atoms with Crippen molar-refractivity contribution in [2.45, 2.75) is 45.4 Å². The molecule has 11 fully saturated rings. The summed E-state index contributed by atoms with van der Waals surface area (Å²) < 4.78 is 0. The number of nitrogens with one attached hydrogen (secondary N) is 4. The molecule has 0 radical (unpaired) electrons. The van der Waals surface area contributed by atoms with Gasteiger partial charge in [0.05, 0.1) is 22.8 Å². The summed E-state index contributed by atoms with van der Waals surface area (Å²) in [6.07, 6.45) is 3.80. The number of hydrogen-bond acceptors (Lipinski definition) is 25. The largest absolute Gasteiger partial charge is 0.315 e. The molecule has 0 aromatic carbocycles. The lowest BCUT2D eigenvalue weighted by Crippen LogP contribution is -2.51. The van der Waals surface area contributed by atoms with Gasteiger partial charge in [-0.1, -0.05) is 12.1 Å². The predicted molar refractivity (Wildman–Crippen MR) is 429 cm³/mol. The molecule has 0 aliphatic carbocycles. The Kier molecular flexibility index (Phi) is 40.6. The van der Waals surface area contributed by atoms with E-state index in [9.17, 15) is 0 Å². The summed E-state index contributed by atoms with van der Waals surface area (Å²) in [4.78, 5) is 58.5. The van der Waals surface area contributed by atoms with Crippen molar-refractivity contribution in [3.05, 3.63) is 59.2 Å². The van der Waals surface area contributed by atoms with Gasteiger partial charge in [0, 0.05) is 340 Å². The molecule has 0 amide bonds. The molecule has 14 aliphatic rings. The van der Waals surface area contributed by atoms with Gasteiger partial charge < -0.3 is 70.3 Å². The van der Waals surface area contributed by atoms with Crippen LogP contribution in [0.25, 0.3) is 0 Å². The molecule has 0 spiro atoms. The zero-order valence-electron chi connectivity index (χ0n) is 67.0. The maximum absolute atomic E-state index is 4.90. The van der Waals surface area contributed by atoms with Crippen molar-refractivity contribution in [2.75, 3.05) is 403 Å². The molecule has 14 aliphatic heterocycles. The summed E-state index contributed by atoms with van der Waals surface area (Å²) in [7, 11) is 15.8. The minimum absolute atomic E-state index is 0.883. The lowest BCUT2D eigenvalue weighted by molar-refractivity contribution is 0.0950. The van der Waals surface area contributed by atoms with E-state index in [-0.39, 0.29) is 0 Å². The third-order valence-corrected chi connectivity index (χ3v) is 23.6. The molecular formula is C78H153N25. The van der Waals surface area contributed by atoms with Gasteiger partial charge in [0.25, 0.3) is 0 Å². The van der Waals surface area contributed by atoms with Crippen molar-refractivity contribution in [2.24, 2.45) is 0 Å². The highest BCUT2D eigenvalue weighted by Gasteiger charge is 2.24. The highest BCUT2D eigenvalue weighted by Crippen LogP contribution is 2.16. The van der Waals surface area contributed by atoms with Gasteiger partial charge in [-0.3, -0.25) is 54.1 Å². The zero-order valence-corrected chi connectivity index (χ0v) is 67.0. The third-order valence-electron chi connectivity index (χ3n) is 23.6. The van der Waals surface area contributed by atoms with Crippen molar-refractivity contribution in [1.29, 1.82) is 0 Å². The van der Waals surface area contributed by atoms with Crippen LogP contribution in [0.5, 0.6) is 0 Å². The van der Waals surface area contributed by atoms with Crippen molar-refractivity contribution in [1.82, 2.24) is 124 Å². The summed E-state index contributed by atoms with van der Waals surface area (Å²) >= 11 is 0. The number of fused-ring (bicyclic) bond motifs is 30. The molecule has 2 aromatic heterocycles. The molecule has 590 valence electrons. The van der Waals surface area contributed by atoms with Crippen molar-refractivity contribution >= 4 is 0 Å². The molecular weight excluding hydrogens is 1290 g/mol. The quantitative estimate of drug-likeness (QED) is 0.239. The first-order chi connectivity index (χ1) is 50.4. The first-order valence-corrected chi connectivity index (χ1v) is 41.6. The van der Waals surface area contributed by atoms with Gasteiger partial charge in [0.1, 0.15) is 0 Å². The highest BCUT2D eigenvalue weighted by molar-refractivity contribution is 5.15. The van der Waals surface area contributed by atoms with Crippen LogP contribution >= 0.6 is 0 Å². The van der Waals surface area contributed by atoms with E-state index in [0.717, 1.165) is 127 Å². The Morgan fingerprint density at radius 3 is 0.553 bits per heavy atom. The van der Waals surface area contributed by atoms with E-state index in [1.165, 1.54) is 294 Å². The van der Waals surface area contributed by atoms with Gasteiger partial charge in [-0.2, -0.15) is 0 Å². The van der Waals surface area contributed by atoms with Crippen molar-refractivity contribution < 1.29 is 0 Å². The van der Waals surface area contributed by atoms with Crippen molar-refractivity contribution in [3.8, 4) is 0 Å². The molecule has 4 N–H and O–H groups in total. The molecule has 25 nitrogen and oxygen atoms in total. The van der Waals surface area contributed by atoms with E-state index in [0.29, 0.717) is 0 Å². The lowest BCUT2D eigenvalue weighted by atomic mass is 10.2. The van der Waals surface area contributed by atoms with Crippen LogP contribution in [-0.2, 0) is 26.2 Å². The fourth-order valence-corrected chi connectivity index (χ4v) is 15.6. The van der Waals surface area contributed by atoms with Crippen LogP contribution in [0, 0.1) is 0 Å². The van der Waals surface area contributed by atoms with E-state index in [1.807, 2.05) is 0 Å². The van der Waals surface area contributed by atoms with E-state index in [4.69, 9.17) is 9.97 Å². The SMILES string of the molecule is CN1CCN(C)CCN2CCN(C)CCN(CC1)CC2.CN1CCN2CCCNCCN(CCCNCC2)CC1.CN1CCN2CCCNCCN(CCNCC2)CC1.CN1CCN2CCN(CC1)CCN1CCN(CC2)CC1.CN1CCN2Cc3cccc(n3)CN(CC1)Cc1cccc(n1)C2. The van der Waals surface area contributed by atoms with Crippen LogP contribution in [0.2, 0.25) is 0 Å². The second-order valence-corrected chi connectivity index (χ2v) is 32.3. The van der Waals surface area contributed by atoms with Crippen LogP contribution in [0.3, 0.4) is 0 Å². The number of piperazine rings is 1. The average molecular weight is 1440 g/mol. The first kappa shape index (κ1) is 84.4. The maximum Gasteiger partial charge on any atom is 0.0548 e. The second-order valence-electron chi connectivity index (χ2n) is 32.3. The van der Waals surface area contributed by atoms with Gasteiger partial charge in [0.15, 0.2) is 0 Å². The molecule has 16 heterocycles. The number of rotatable bonds is 0. The van der Waals surface area contributed by atoms with Crippen LogP contribution in [-0.4, -0.2) is 506 Å². The summed E-state index contributed by atoms with van der Waals surface area (Å²) in [5.41, 5.74) is 4.64. The molecule has 8 unspecified atom stereocenters. The van der Waals surface area contributed by atoms with Crippen LogP contribution < -0.4 is 21.3 Å². The van der Waals surface area contributed by atoms with E-state index in [1.54, 1.807) is 0 Å². The summed E-state index contributed by atoms with van der Waals surface area (Å²) in [6, 6.07) is 12.9. The minimum atomic E-state index is 0.883. The Balaban J connectivity index is 0.000000150. The lowest BCUT2D eigenvalue weighted by Gasteiger charge is -2.38. The fourth-order valence-electron chi connectivity index (χ4n) is 15.6. The Morgan fingerprint density at radius 1 is 0.184 bits per heavy atom. The normalized spacial score (nSPS) is 32.9. The van der Waals surface area contributed by atoms with E-state index in [2.05, 4.69) is 200 Å². The standard InChI is InChI=1S/C19H25N5.C15H31N5.2C15H33N5.C14H31N5/c1-22-8-10-23-12-16-4-2-5-17(20-16)13-24(11-9-22)15-19-7-3-6-18(14-23)21-19;1-16-2-4-17-6-7-18(5-3-16)9-11-20-14-12-19(10-8-17)13-15-20;1-16-4-5-17(2)7-11-20-13-9-18(3)8-12-19(10-6-16)14-15-20;1-18-12-14-19-8-2-4-16-6-11-20(15-13-18)9-3-5-17-7-10-19;1-17-11-13-18-7-2-3-15-4-9-19(14-12-17)10-6-16-5-8-18/h2-7H,8-15H2,1H3;2-15H2,1H3;4-15H2,1-3H3;16-17H,2-15H2,1H3;15-16H,2-14H2,1H3. The molecule has 0 saturated carbocycles. The number of pyridine rings is 2. The monoisotopic (exact) mass is 1440 g/mol. The Labute approximate surface area is 628 Å². The molecule has 2 aromatic rings. The van der Waals surface area contributed by atoms with Gasteiger partial charge in [-0.05, 0) is 132 Å². The number of aromatic nitrogens is 2. The van der Waals surface area contributed by atoms with Gasteiger partial charge >= 0.3 is 0 Å². The summed E-state index contributed by atoms with van der Waals surface area (Å²) in [6.45, 7) is 68.1. The highest BCUT2D eigenvalue weighted by atomic mass is 15.3. The summed E-state index contributed by atoms with van der Waals surface area (Å²) in [5, 5.41) is 14.4. The zero-order chi connectivity index (χ0) is 71.9. The Morgan fingerprint density at radius 2 is 0.340 bits per heavy atom. The van der Waals surface area contributed by atoms with Gasteiger partial charge in [0.2, 0.25) is 0 Å². The maximum atomic E-state index is 4.90. The molecule has 16 bridgehead atoms. The smallest absolute Gasteiger partial charge is 0.0548 e. The molecule has 103 heavy (non-hydrogen) atoms. The van der Waals surface area contributed by atoms with E-state index < -0.39 is 0 Å². The molecule has 25 heteroatoms. The predicted octanol–water partition coefficient (Wildman–Crippen LogP) is -1.05. The van der Waals surface area contributed by atoms with Crippen LogP contribution in [0.4, 0.5) is 0 Å².